The maximum absolute atomic E-state index is 6.29. The number of nitrogens with zero attached hydrogens (tertiary/aromatic N) is 2. The first-order valence-electron chi connectivity index (χ1n) is 7.44. The van der Waals surface area contributed by atoms with Gasteiger partial charge in [-0.1, -0.05) is 13.0 Å². The summed E-state index contributed by atoms with van der Waals surface area (Å²) in [6.07, 6.45) is 1.91. The van der Waals surface area contributed by atoms with Gasteiger partial charge in [0.1, 0.15) is 17.1 Å². The number of aryl methyl sites for hydroxylation is 1. The van der Waals surface area contributed by atoms with E-state index < -0.39 is 0 Å². The zero-order valence-corrected chi connectivity index (χ0v) is 13.7. The first-order chi connectivity index (χ1) is 10.2. The Morgan fingerprint density at radius 3 is 2.81 bits per heavy atom. The molecule has 5 heteroatoms. The monoisotopic (exact) mass is 310 g/mol. The standard InChI is InChI=1S/C16H23ClN2O2/c1-4-10-21-14-8-5-7-13-15(14)18-16(12(2)17)19(13)9-6-11-20-3/h5,7-8,12H,4,6,9-11H2,1-3H3. The minimum Gasteiger partial charge on any atom is -0.491 e. The summed E-state index contributed by atoms with van der Waals surface area (Å²) in [7, 11) is 1.72. The number of alkyl halides is 1. The van der Waals surface area contributed by atoms with Crippen LogP contribution in [0.3, 0.4) is 0 Å². The molecule has 116 valence electrons. The lowest BCUT2D eigenvalue weighted by molar-refractivity contribution is 0.190. The Hall–Kier alpha value is -1.26. The summed E-state index contributed by atoms with van der Waals surface area (Å²) in [5.74, 6) is 1.72. The fourth-order valence-electron chi connectivity index (χ4n) is 2.37. The molecule has 0 aliphatic rings. The number of para-hydroxylation sites is 1. The second-order valence-corrected chi connectivity index (χ2v) is 5.71. The molecule has 0 saturated carbocycles. The molecule has 0 spiro atoms. The van der Waals surface area contributed by atoms with Crippen LogP contribution in [0.25, 0.3) is 11.0 Å². The maximum Gasteiger partial charge on any atom is 0.147 e. The van der Waals surface area contributed by atoms with Gasteiger partial charge >= 0.3 is 0 Å². The van der Waals surface area contributed by atoms with Gasteiger partial charge in [-0.2, -0.15) is 0 Å². The molecule has 0 N–H and O–H groups in total. The number of imidazole rings is 1. The van der Waals surface area contributed by atoms with Crippen molar-refractivity contribution in [3.05, 3.63) is 24.0 Å². The highest BCUT2D eigenvalue weighted by Crippen LogP contribution is 2.30. The molecular weight excluding hydrogens is 288 g/mol. The van der Waals surface area contributed by atoms with E-state index in [1.807, 2.05) is 19.1 Å². The number of ether oxygens (including phenoxy) is 2. The number of methoxy groups -OCH3 is 1. The average molecular weight is 311 g/mol. The predicted molar refractivity (Wildman–Crippen MR) is 86.3 cm³/mol. The Balaban J connectivity index is 2.41. The van der Waals surface area contributed by atoms with E-state index in [0.717, 1.165) is 48.6 Å². The van der Waals surface area contributed by atoms with Gasteiger partial charge in [0.15, 0.2) is 0 Å². The summed E-state index contributed by atoms with van der Waals surface area (Å²) in [5, 5.41) is -0.140. The molecule has 0 saturated heterocycles. The number of aromatic nitrogens is 2. The van der Waals surface area contributed by atoms with Crippen LogP contribution in [0.15, 0.2) is 18.2 Å². The van der Waals surface area contributed by atoms with Crippen molar-refractivity contribution in [2.45, 2.75) is 38.6 Å². The Bertz CT molecular complexity index is 581. The number of hydrogen-bond donors (Lipinski definition) is 0. The minimum atomic E-state index is -0.140. The van der Waals surface area contributed by atoms with Gasteiger partial charge in [0, 0.05) is 20.3 Å². The van der Waals surface area contributed by atoms with E-state index in [9.17, 15) is 0 Å². The second-order valence-electron chi connectivity index (χ2n) is 5.06. The van der Waals surface area contributed by atoms with Crippen LogP contribution in [0, 0.1) is 0 Å². The normalized spacial score (nSPS) is 12.8. The van der Waals surface area contributed by atoms with Gasteiger partial charge in [0.2, 0.25) is 0 Å². The Labute approximate surface area is 131 Å². The zero-order valence-electron chi connectivity index (χ0n) is 12.9. The topological polar surface area (TPSA) is 36.3 Å². The highest BCUT2D eigenvalue weighted by molar-refractivity contribution is 6.20. The van der Waals surface area contributed by atoms with Crippen LogP contribution in [0.4, 0.5) is 0 Å². The number of halogens is 1. The number of hydrogen-bond acceptors (Lipinski definition) is 3. The molecule has 1 heterocycles. The van der Waals surface area contributed by atoms with Crippen LogP contribution in [-0.2, 0) is 11.3 Å². The molecule has 1 aromatic carbocycles. The highest BCUT2D eigenvalue weighted by Gasteiger charge is 2.17. The van der Waals surface area contributed by atoms with Crippen LogP contribution in [0.5, 0.6) is 5.75 Å². The summed E-state index contributed by atoms with van der Waals surface area (Å²) in [5.41, 5.74) is 1.97. The Morgan fingerprint density at radius 2 is 2.14 bits per heavy atom. The summed E-state index contributed by atoms with van der Waals surface area (Å²) in [4.78, 5) is 4.71. The van der Waals surface area contributed by atoms with Gasteiger partial charge in [-0.05, 0) is 31.9 Å². The molecule has 0 aliphatic carbocycles. The molecule has 0 amide bonds. The summed E-state index contributed by atoms with van der Waals surface area (Å²) in [6, 6.07) is 6.04. The zero-order chi connectivity index (χ0) is 15.2. The third kappa shape index (κ3) is 3.69. The van der Waals surface area contributed by atoms with Crippen LogP contribution >= 0.6 is 11.6 Å². The van der Waals surface area contributed by atoms with E-state index in [0.29, 0.717) is 6.61 Å². The second kappa shape index (κ2) is 7.66. The van der Waals surface area contributed by atoms with Crippen molar-refractivity contribution in [2.24, 2.45) is 0 Å². The van der Waals surface area contributed by atoms with Crippen molar-refractivity contribution in [3.8, 4) is 5.75 Å². The van der Waals surface area contributed by atoms with E-state index in [1.165, 1.54) is 0 Å². The van der Waals surface area contributed by atoms with Crippen LogP contribution in [0.2, 0.25) is 0 Å². The van der Waals surface area contributed by atoms with Gasteiger partial charge in [-0.3, -0.25) is 0 Å². The number of rotatable bonds is 8. The smallest absolute Gasteiger partial charge is 0.147 e. The SMILES string of the molecule is CCCOc1cccc2c1nc(C(C)Cl)n2CCCOC. The molecule has 4 nitrogen and oxygen atoms in total. The lowest BCUT2D eigenvalue weighted by Gasteiger charge is -2.10. The van der Waals surface area contributed by atoms with E-state index in [1.54, 1.807) is 7.11 Å². The Morgan fingerprint density at radius 1 is 1.33 bits per heavy atom. The molecule has 1 atom stereocenters. The van der Waals surface area contributed by atoms with Crippen LogP contribution < -0.4 is 4.74 Å². The molecule has 1 aromatic heterocycles. The average Bonchev–Trinajstić information content (AvgIpc) is 2.85. The van der Waals surface area contributed by atoms with Crippen molar-refractivity contribution in [1.82, 2.24) is 9.55 Å². The molecule has 0 aliphatic heterocycles. The third-order valence-electron chi connectivity index (χ3n) is 3.32. The molecule has 21 heavy (non-hydrogen) atoms. The highest BCUT2D eigenvalue weighted by atomic mass is 35.5. The minimum absolute atomic E-state index is 0.140. The molecule has 2 aromatic rings. The van der Waals surface area contributed by atoms with Crippen LogP contribution in [-0.4, -0.2) is 29.9 Å². The molecular formula is C16H23ClN2O2. The summed E-state index contributed by atoms with van der Waals surface area (Å²) < 4.78 is 13.1. The van der Waals surface area contributed by atoms with Gasteiger partial charge in [-0.15, -0.1) is 11.6 Å². The van der Waals surface area contributed by atoms with Gasteiger partial charge < -0.3 is 14.0 Å². The van der Waals surface area contributed by atoms with Crippen molar-refractivity contribution in [1.29, 1.82) is 0 Å². The third-order valence-corrected chi connectivity index (χ3v) is 3.51. The first-order valence-corrected chi connectivity index (χ1v) is 7.87. The molecule has 0 fully saturated rings. The van der Waals surface area contributed by atoms with E-state index in [-0.39, 0.29) is 5.38 Å². The van der Waals surface area contributed by atoms with Gasteiger partial charge in [-0.25, -0.2) is 4.98 Å². The fourth-order valence-corrected chi connectivity index (χ4v) is 2.54. The van der Waals surface area contributed by atoms with Crippen molar-refractivity contribution < 1.29 is 9.47 Å². The largest absolute Gasteiger partial charge is 0.491 e. The van der Waals surface area contributed by atoms with Crippen molar-refractivity contribution in [2.75, 3.05) is 20.3 Å². The van der Waals surface area contributed by atoms with E-state index in [2.05, 4.69) is 17.6 Å². The molecule has 2 rings (SSSR count). The Kier molecular flexibility index (Phi) is 5.88. The number of benzene rings is 1. The quantitative estimate of drug-likeness (QED) is 0.542. The molecule has 1 unspecified atom stereocenters. The van der Waals surface area contributed by atoms with Crippen molar-refractivity contribution >= 4 is 22.6 Å². The van der Waals surface area contributed by atoms with Crippen LogP contribution in [0.1, 0.15) is 37.9 Å². The fraction of sp³-hybridized carbons (Fsp3) is 0.562. The van der Waals surface area contributed by atoms with Gasteiger partial charge in [0.05, 0.1) is 17.5 Å². The maximum atomic E-state index is 6.29. The lowest BCUT2D eigenvalue weighted by Crippen LogP contribution is -2.06. The molecule has 0 bridgehead atoms. The van der Waals surface area contributed by atoms with E-state index in [4.69, 9.17) is 26.1 Å². The number of fused-ring (bicyclic) bond motifs is 1. The first kappa shape index (κ1) is 16.1. The molecule has 0 radical (unpaired) electrons. The summed E-state index contributed by atoms with van der Waals surface area (Å²) in [6.45, 7) is 6.30. The van der Waals surface area contributed by atoms with Gasteiger partial charge in [0.25, 0.3) is 0 Å². The lowest BCUT2D eigenvalue weighted by atomic mass is 10.3. The van der Waals surface area contributed by atoms with Crippen molar-refractivity contribution in [3.63, 3.8) is 0 Å². The van der Waals surface area contributed by atoms with E-state index >= 15 is 0 Å². The summed E-state index contributed by atoms with van der Waals surface area (Å²) >= 11 is 6.29. The predicted octanol–water partition coefficient (Wildman–Crippen LogP) is 4.16.